The maximum absolute atomic E-state index is 6.66. The van der Waals surface area contributed by atoms with Crippen molar-refractivity contribution >= 4 is 71.6 Å². The van der Waals surface area contributed by atoms with Gasteiger partial charge in [0.1, 0.15) is 11.2 Å². The molecular formula is C64H42N2O. The van der Waals surface area contributed by atoms with E-state index >= 15 is 0 Å². The number of benzene rings is 11. The van der Waals surface area contributed by atoms with Gasteiger partial charge in [-0.25, -0.2) is 0 Å². The Morgan fingerprint density at radius 3 is 1.58 bits per heavy atom. The monoisotopic (exact) mass is 854 g/mol. The second kappa shape index (κ2) is 16.0. The molecule has 0 bridgehead atoms. The van der Waals surface area contributed by atoms with E-state index in [9.17, 15) is 0 Å². The smallest absolute Gasteiger partial charge is 0.143 e. The van der Waals surface area contributed by atoms with Crippen LogP contribution in [-0.2, 0) is 0 Å². The first kappa shape index (κ1) is 38.5. The van der Waals surface area contributed by atoms with Gasteiger partial charge < -0.3 is 13.9 Å². The average Bonchev–Trinajstić information content (AvgIpc) is 3.95. The summed E-state index contributed by atoms with van der Waals surface area (Å²) < 4.78 is 9.10. The van der Waals surface area contributed by atoms with Crippen LogP contribution in [0.15, 0.2) is 259 Å². The third-order valence-electron chi connectivity index (χ3n) is 13.4. The third-order valence-corrected chi connectivity index (χ3v) is 13.4. The van der Waals surface area contributed by atoms with Crippen LogP contribution < -0.4 is 4.90 Å². The van der Waals surface area contributed by atoms with Gasteiger partial charge in [0.05, 0.1) is 22.4 Å². The van der Waals surface area contributed by atoms with Crippen molar-refractivity contribution in [2.45, 2.75) is 0 Å². The minimum absolute atomic E-state index is 0.884. The summed E-state index contributed by atoms with van der Waals surface area (Å²) in [6.07, 6.45) is 0. The summed E-state index contributed by atoms with van der Waals surface area (Å²) >= 11 is 0. The predicted octanol–water partition coefficient (Wildman–Crippen LogP) is 18.0. The molecule has 2 aromatic heterocycles. The van der Waals surface area contributed by atoms with E-state index in [0.717, 1.165) is 66.9 Å². The Labute approximate surface area is 388 Å². The lowest BCUT2D eigenvalue weighted by molar-refractivity contribution is 0.670. The summed E-state index contributed by atoms with van der Waals surface area (Å²) in [4.78, 5) is 2.39. The zero-order chi connectivity index (χ0) is 44.3. The van der Waals surface area contributed by atoms with E-state index in [4.69, 9.17) is 4.42 Å². The molecule has 0 atom stereocenters. The van der Waals surface area contributed by atoms with Crippen LogP contribution in [0.2, 0.25) is 0 Å². The molecule has 67 heavy (non-hydrogen) atoms. The lowest BCUT2D eigenvalue weighted by Crippen LogP contribution is -2.11. The highest BCUT2D eigenvalue weighted by Crippen LogP contribution is 2.46. The zero-order valence-electron chi connectivity index (χ0n) is 36.6. The molecule has 0 aliphatic heterocycles. The summed E-state index contributed by atoms with van der Waals surface area (Å²) in [5, 5.41) is 7.18. The molecule has 0 aliphatic rings. The largest absolute Gasteiger partial charge is 0.455 e. The van der Waals surface area contributed by atoms with Gasteiger partial charge >= 0.3 is 0 Å². The molecular weight excluding hydrogens is 813 g/mol. The van der Waals surface area contributed by atoms with E-state index in [0.29, 0.717) is 0 Å². The van der Waals surface area contributed by atoms with Gasteiger partial charge in [-0.15, -0.1) is 0 Å². The number of furan rings is 1. The van der Waals surface area contributed by atoms with Gasteiger partial charge in [-0.3, -0.25) is 0 Å². The normalized spacial score (nSPS) is 11.6. The number of hydrogen-bond donors (Lipinski definition) is 0. The van der Waals surface area contributed by atoms with Crippen molar-refractivity contribution in [2.75, 3.05) is 4.90 Å². The lowest BCUT2D eigenvalue weighted by Gasteiger charge is -2.28. The average molecular weight is 855 g/mol. The Bertz CT molecular complexity index is 3910. The molecule has 314 valence electrons. The quantitative estimate of drug-likeness (QED) is 0.152. The number of aromatic nitrogens is 1. The summed E-state index contributed by atoms with van der Waals surface area (Å²) in [6, 6.07) is 91.9. The van der Waals surface area contributed by atoms with E-state index in [-0.39, 0.29) is 0 Å². The van der Waals surface area contributed by atoms with Crippen LogP contribution in [0.1, 0.15) is 0 Å². The molecule has 0 saturated heterocycles. The highest BCUT2D eigenvalue weighted by atomic mass is 16.3. The molecule has 0 amide bonds. The van der Waals surface area contributed by atoms with Gasteiger partial charge in [-0.05, 0) is 93.2 Å². The highest BCUT2D eigenvalue weighted by Gasteiger charge is 2.22. The molecule has 3 heteroatoms. The van der Waals surface area contributed by atoms with Crippen molar-refractivity contribution in [3.05, 3.63) is 255 Å². The van der Waals surface area contributed by atoms with Gasteiger partial charge in [0, 0.05) is 49.6 Å². The van der Waals surface area contributed by atoms with Gasteiger partial charge in [-0.2, -0.15) is 0 Å². The predicted molar refractivity (Wildman–Crippen MR) is 282 cm³/mol. The molecule has 13 aromatic rings. The van der Waals surface area contributed by atoms with Crippen LogP contribution in [0.4, 0.5) is 17.1 Å². The first-order valence-electron chi connectivity index (χ1n) is 22.9. The molecule has 3 nitrogen and oxygen atoms in total. The Morgan fingerprint density at radius 1 is 0.313 bits per heavy atom. The topological polar surface area (TPSA) is 21.3 Å². The van der Waals surface area contributed by atoms with Crippen LogP contribution in [0.25, 0.3) is 105 Å². The third kappa shape index (κ3) is 6.51. The number of rotatable bonds is 8. The number of fused-ring (bicyclic) bond motifs is 7. The molecule has 0 spiro atoms. The lowest BCUT2D eigenvalue weighted by atomic mass is 9.96. The summed E-state index contributed by atoms with van der Waals surface area (Å²) in [7, 11) is 0. The van der Waals surface area contributed by atoms with E-state index < -0.39 is 0 Å². The first-order chi connectivity index (χ1) is 33.2. The minimum atomic E-state index is 0.884. The van der Waals surface area contributed by atoms with Crippen LogP contribution in [0.5, 0.6) is 0 Å². The van der Waals surface area contributed by atoms with E-state index in [2.05, 4.69) is 258 Å². The highest BCUT2D eigenvalue weighted by molar-refractivity contribution is 6.12. The second-order valence-electron chi connectivity index (χ2n) is 17.2. The van der Waals surface area contributed by atoms with Gasteiger partial charge in [0.2, 0.25) is 0 Å². The fourth-order valence-electron chi connectivity index (χ4n) is 10.3. The Hall–Kier alpha value is -8.92. The minimum Gasteiger partial charge on any atom is -0.455 e. The number of anilines is 3. The van der Waals surface area contributed by atoms with Crippen molar-refractivity contribution in [2.24, 2.45) is 0 Å². The molecule has 11 aromatic carbocycles. The van der Waals surface area contributed by atoms with Gasteiger partial charge in [-0.1, -0.05) is 200 Å². The Kier molecular flexibility index (Phi) is 9.17. The number of nitrogens with zero attached hydrogens (tertiary/aromatic N) is 2. The second-order valence-corrected chi connectivity index (χ2v) is 17.2. The molecule has 0 N–H and O–H groups in total. The molecule has 13 rings (SSSR count). The van der Waals surface area contributed by atoms with Crippen molar-refractivity contribution in [3.8, 4) is 50.2 Å². The van der Waals surface area contributed by atoms with Gasteiger partial charge in [0.15, 0.2) is 0 Å². The van der Waals surface area contributed by atoms with Crippen molar-refractivity contribution in [3.63, 3.8) is 0 Å². The standard InChI is InChI=1S/C64H42N2O/c1-2-16-43(17-3-1)47-36-41-52(62(42-47)66-60-29-11-6-21-53(60)54-22-7-12-30-61(54)66)46-34-39-49(40-35-46)65(48-37-32-45(33-38-48)51-25-14-19-44-18-4-5-20-50(44)51)59-28-10-8-23-55(59)57-26-15-27-58-56-24-9-13-31-63(56)67-64(57)58/h1-42H. The fourth-order valence-corrected chi connectivity index (χ4v) is 10.3. The SMILES string of the molecule is c1ccc(-c2ccc(-c3ccc(N(c4ccc(-c5cccc6ccccc56)cc4)c4ccccc4-c4cccc5c4oc4ccccc45)cc3)c(-n3c4ccccc4c4ccccc43)c2)cc1. The molecule has 0 radical (unpaired) electrons. The summed E-state index contributed by atoms with van der Waals surface area (Å²) in [6.45, 7) is 0. The first-order valence-corrected chi connectivity index (χ1v) is 22.9. The summed E-state index contributed by atoms with van der Waals surface area (Å²) in [5.41, 5.74) is 17.6. The zero-order valence-corrected chi connectivity index (χ0v) is 36.6. The van der Waals surface area contributed by atoms with Crippen molar-refractivity contribution < 1.29 is 4.42 Å². The van der Waals surface area contributed by atoms with Crippen LogP contribution in [-0.4, -0.2) is 4.57 Å². The maximum Gasteiger partial charge on any atom is 0.143 e. The maximum atomic E-state index is 6.66. The molecule has 0 unspecified atom stereocenters. The molecule has 0 saturated carbocycles. The molecule has 0 aliphatic carbocycles. The fraction of sp³-hybridized carbons (Fsp3) is 0. The molecule has 0 fully saturated rings. The van der Waals surface area contributed by atoms with E-state index in [1.807, 2.05) is 6.07 Å². The van der Waals surface area contributed by atoms with Crippen LogP contribution in [0.3, 0.4) is 0 Å². The van der Waals surface area contributed by atoms with Crippen LogP contribution in [0, 0.1) is 0 Å². The Balaban J connectivity index is 0.987. The Morgan fingerprint density at radius 2 is 0.836 bits per heavy atom. The van der Waals surface area contributed by atoms with E-state index in [1.165, 1.54) is 54.8 Å². The summed E-state index contributed by atoms with van der Waals surface area (Å²) in [5.74, 6) is 0. The van der Waals surface area contributed by atoms with E-state index in [1.54, 1.807) is 0 Å². The number of para-hydroxylation sites is 5. The van der Waals surface area contributed by atoms with Crippen molar-refractivity contribution in [1.82, 2.24) is 4.57 Å². The van der Waals surface area contributed by atoms with Crippen LogP contribution >= 0.6 is 0 Å². The number of hydrogen-bond acceptors (Lipinski definition) is 2. The molecule has 2 heterocycles. The van der Waals surface area contributed by atoms with Crippen molar-refractivity contribution in [1.29, 1.82) is 0 Å². The van der Waals surface area contributed by atoms with Gasteiger partial charge in [0.25, 0.3) is 0 Å².